The number of benzene rings is 2. The lowest BCUT2D eigenvalue weighted by Crippen LogP contribution is -2.22. The molecule has 0 fully saturated rings. The van der Waals surface area contributed by atoms with E-state index in [1.807, 2.05) is 36.4 Å². The molecule has 4 aromatic rings. The average Bonchev–Trinajstić information content (AvgIpc) is 2.66. The monoisotopic (exact) mass is 331 g/mol. The van der Waals surface area contributed by atoms with Gasteiger partial charge in [-0.05, 0) is 29.3 Å². The standard InChI is InChI=1S/C20H14FN3O/c21-17-11-15(14-5-2-1-3-6-14)8-9-16(17)13-24-19(25)12-23-18-7-4-10-22-20(18)24/h1-12H,13H2. The second-order valence-electron chi connectivity index (χ2n) is 5.70. The Balaban J connectivity index is 1.75. The molecule has 0 aliphatic rings. The minimum Gasteiger partial charge on any atom is -0.285 e. The van der Waals surface area contributed by atoms with E-state index in [-0.39, 0.29) is 17.9 Å². The third-order valence-corrected chi connectivity index (χ3v) is 4.09. The quantitative estimate of drug-likeness (QED) is 0.576. The Morgan fingerprint density at radius 3 is 2.56 bits per heavy atom. The maximum atomic E-state index is 14.6. The van der Waals surface area contributed by atoms with Gasteiger partial charge in [-0.3, -0.25) is 9.36 Å². The topological polar surface area (TPSA) is 47.8 Å². The lowest BCUT2D eigenvalue weighted by atomic mass is 10.0. The number of hydrogen-bond donors (Lipinski definition) is 0. The summed E-state index contributed by atoms with van der Waals surface area (Å²) in [5, 5.41) is 0. The van der Waals surface area contributed by atoms with Crippen molar-refractivity contribution in [2.75, 3.05) is 0 Å². The molecule has 4 rings (SSSR count). The molecular weight excluding hydrogens is 317 g/mol. The molecular formula is C20H14FN3O. The molecule has 0 atom stereocenters. The van der Waals surface area contributed by atoms with E-state index in [4.69, 9.17) is 0 Å². The highest BCUT2D eigenvalue weighted by Crippen LogP contribution is 2.22. The Hall–Kier alpha value is -3.34. The molecule has 0 aliphatic heterocycles. The SMILES string of the molecule is O=c1cnc2cccnc2n1Cc1ccc(-c2ccccc2)cc1F. The molecule has 5 heteroatoms. The van der Waals surface area contributed by atoms with Crippen LogP contribution >= 0.6 is 0 Å². The van der Waals surface area contributed by atoms with Gasteiger partial charge in [0, 0.05) is 11.8 Å². The predicted octanol–water partition coefficient (Wildman–Crippen LogP) is 3.65. The summed E-state index contributed by atoms with van der Waals surface area (Å²) in [4.78, 5) is 20.5. The fourth-order valence-electron chi connectivity index (χ4n) is 2.80. The van der Waals surface area contributed by atoms with Gasteiger partial charge in [-0.25, -0.2) is 14.4 Å². The van der Waals surface area contributed by atoms with Crippen LogP contribution in [0.1, 0.15) is 5.56 Å². The Labute approximate surface area is 143 Å². The summed E-state index contributed by atoms with van der Waals surface area (Å²) >= 11 is 0. The van der Waals surface area contributed by atoms with Crippen LogP contribution in [-0.4, -0.2) is 14.5 Å². The summed E-state index contributed by atoms with van der Waals surface area (Å²) in [6, 6.07) is 18.2. The van der Waals surface area contributed by atoms with Crippen molar-refractivity contribution >= 4 is 11.2 Å². The highest BCUT2D eigenvalue weighted by atomic mass is 19.1. The van der Waals surface area contributed by atoms with Gasteiger partial charge >= 0.3 is 0 Å². The minimum atomic E-state index is -0.353. The first kappa shape index (κ1) is 15.2. The molecule has 2 aromatic carbocycles. The van der Waals surface area contributed by atoms with Crippen LogP contribution in [0.5, 0.6) is 0 Å². The summed E-state index contributed by atoms with van der Waals surface area (Å²) in [5.41, 5.74) is 2.91. The summed E-state index contributed by atoms with van der Waals surface area (Å²) in [6.45, 7) is 0.107. The fourth-order valence-corrected chi connectivity index (χ4v) is 2.80. The zero-order valence-corrected chi connectivity index (χ0v) is 13.3. The molecule has 0 saturated heterocycles. The van der Waals surface area contributed by atoms with Crippen LogP contribution in [0.4, 0.5) is 4.39 Å². The Kier molecular flexibility index (Phi) is 3.82. The van der Waals surface area contributed by atoms with Crippen LogP contribution in [0.2, 0.25) is 0 Å². The minimum absolute atomic E-state index is 0.107. The highest BCUT2D eigenvalue weighted by molar-refractivity contribution is 5.69. The Morgan fingerprint density at radius 1 is 0.920 bits per heavy atom. The lowest BCUT2D eigenvalue weighted by molar-refractivity contribution is 0.599. The summed E-state index contributed by atoms with van der Waals surface area (Å²) < 4.78 is 16.0. The maximum Gasteiger partial charge on any atom is 0.270 e. The molecule has 2 aromatic heterocycles. The van der Waals surface area contributed by atoms with Crippen molar-refractivity contribution in [1.29, 1.82) is 0 Å². The molecule has 0 unspecified atom stereocenters. The molecule has 2 heterocycles. The average molecular weight is 331 g/mol. The molecule has 0 bridgehead atoms. The second-order valence-corrected chi connectivity index (χ2v) is 5.70. The van der Waals surface area contributed by atoms with Gasteiger partial charge in [-0.1, -0.05) is 42.5 Å². The van der Waals surface area contributed by atoms with Gasteiger partial charge in [0.25, 0.3) is 5.56 Å². The Bertz CT molecular complexity index is 1110. The van der Waals surface area contributed by atoms with E-state index in [2.05, 4.69) is 9.97 Å². The van der Waals surface area contributed by atoms with Crippen LogP contribution in [0.25, 0.3) is 22.3 Å². The number of pyridine rings is 1. The zero-order chi connectivity index (χ0) is 17.2. The van der Waals surface area contributed by atoms with E-state index in [0.717, 1.165) is 11.1 Å². The normalized spacial score (nSPS) is 10.9. The maximum absolute atomic E-state index is 14.6. The van der Waals surface area contributed by atoms with Crippen LogP contribution in [-0.2, 0) is 6.54 Å². The number of nitrogens with zero attached hydrogens (tertiary/aromatic N) is 3. The van der Waals surface area contributed by atoms with Crippen LogP contribution < -0.4 is 5.56 Å². The molecule has 0 saturated carbocycles. The number of halogens is 1. The van der Waals surface area contributed by atoms with Gasteiger partial charge in [0.05, 0.1) is 12.7 Å². The van der Waals surface area contributed by atoms with Crippen molar-refractivity contribution in [2.45, 2.75) is 6.54 Å². The number of aromatic nitrogens is 3. The lowest BCUT2D eigenvalue weighted by Gasteiger charge is -2.10. The molecule has 0 aliphatic carbocycles. The third-order valence-electron chi connectivity index (χ3n) is 4.09. The van der Waals surface area contributed by atoms with E-state index in [1.165, 1.54) is 16.8 Å². The first-order valence-electron chi connectivity index (χ1n) is 7.87. The van der Waals surface area contributed by atoms with Crippen molar-refractivity contribution in [3.05, 3.63) is 94.8 Å². The fraction of sp³-hybridized carbons (Fsp3) is 0.0500. The Morgan fingerprint density at radius 2 is 1.76 bits per heavy atom. The van der Waals surface area contributed by atoms with E-state index in [1.54, 1.807) is 24.4 Å². The molecule has 122 valence electrons. The predicted molar refractivity (Wildman–Crippen MR) is 94.7 cm³/mol. The van der Waals surface area contributed by atoms with Gasteiger partial charge < -0.3 is 0 Å². The number of hydrogen-bond acceptors (Lipinski definition) is 3. The molecule has 0 spiro atoms. The molecule has 0 radical (unpaired) electrons. The third kappa shape index (κ3) is 2.92. The number of fused-ring (bicyclic) bond motifs is 1. The summed E-state index contributed by atoms with van der Waals surface area (Å²) in [7, 11) is 0. The van der Waals surface area contributed by atoms with Gasteiger partial charge in [0.1, 0.15) is 11.3 Å². The number of rotatable bonds is 3. The van der Waals surface area contributed by atoms with Crippen molar-refractivity contribution in [2.24, 2.45) is 0 Å². The van der Waals surface area contributed by atoms with Crippen LogP contribution in [0, 0.1) is 5.82 Å². The van der Waals surface area contributed by atoms with E-state index in [9.17, 15) is 9.18 Å². The first-order chi connectivity index (χ1) is 12.2. The van der Waals surface area contributed by atoms with Crippen LogP contribution in [0.3, 0.4) is 0 Å². The van der Waals surface area contributed by atoms with Crippen LogP contribution in [0.15, 0.2) is 77.9 Å². The smallest absolute Gasteiger partial charge is 0.270 e. The van der Waals surface area contributed by atoms with E-state index < -0.39 is 0 Å². The molecule has 4 nitrogen and oxygen atoms in total. The zero-order valence-electron chi connectivity index (χ0n) is 13.3. The van der Waals surface area contributed by atoms with Gasteiger partial charge in [-0.15, -0.1) is 0 Å². The largest absolute Gasteiger partial charge is 0.285 e. The van der Waals surface area contributed by atoms with Gasteiger partial charge in [0.15, 0.2) is 5.65 Å². The summed E-state index contributed by atoms with van der Waals surface area (Å²) in [5.74, 6) is -0.353. The second kappa shape index (κ2) is 6.28. The van der Waals surface area contributed by atoms with Crippen molar-refractivity contribution < 1.29 is 4.39 Å². The van der Waals surface area contributed by atoms with E-state index in [0.29, 0.717) is 16.7 Å². The van der Waals surface area contributed by atoms with Crippen molar-refractivity contribution in [3.8, 4) is 11.1 Å². The van der Waals surface area contributed by atoms with Crippen molar-refractivity contribution in [3.63, 3.8) is 0 Å². The van der Waals surface area contributed by atoms with Gasteiger partial charge in [0.2, 0.25) is 0 Å². The summed E-state index contributed by atoms with van der Waals surface area (Å²) in [6.07, 6.45) is 2.83. The molecule has 0 amide bonds. The van der Waals surface area contributed by atoms with Crippen molar-refractivity contribution in [1.82, 2.24) is 14.5 Å². The molecule has 0 N–H and O–H groups in total. The highest BCUT2D eigenvalue weighted by Gasteiger charge is 2.10. The first-order valence-corrected chi connectivity index (χ1v) is 7.87. The molecule has 25 heavy (non-hydrogen) atoms. The van der Waals surface area contributed by atoms with E-state index >= 15 is 0 Å². The van der Waals surface area contributed by atoms with Gasteiger partial charge in [-0.2, -0.15) is 0 Å².